The molecule has 26 heavy (non-hydrogen) atoms. The fourth-order valence-electron chi connectivity index (χ4n) is 2.04. The lowest BCUT2D eigenvalue weighted by Crippen LogP contribution is -2.39. The smallest absolute Gasteiger partial charge is 0.324 e. The van der Waals surface area contributed by atoms with Gasteiger partial charge in [-0.3, -0.25) is 4.79 Å². The van der Waals surface area contributed by atoms with Gasteiger partial charge in [-0.05, 0) is 44.2 Å². The second-order valence-corrected chi connectivity index (χ2v) is 7.78. The molecule has 2 rings (SSSR count). The van der Waals surface area contributed by atoms with Gasteiger partial charge in [-0.25, -0.2) is 8.42 Å². The van der Waals surface area contributed by atoms with Crippen molar-refractivity contribution in [2.45, 2.75) is 24.8 Å². The van der Waals surface area contributed by atoms with Crippen molar-refractivity contribution in [3.63, 3.8) is 0 Å². The van der Waals surface area contributed by atoms with Gasteiger partial charge < -0.3 is 9.47 Å². The Labute approximate surface area is 158 Å². The van der Waals surface area contributed by atoms with Crippen LogP contribution in [0.25, 0.3) is 0 Å². The SMILES string of the molecule is Cc1ccc(OCCOC(=O)[C@H](C)NS(=O)(=O)c2cccc(Cl)c2)cc1. The summed E-state index contributed by atoms with van der Waals surface area (Å²) >= 11 is 5.80. The molecule has 0 spiro atoms. The van der Waals surface area contributed by atoms with E-state index in [4.69, 9.17) is 21.1 Å². The van der Waals surface area contributed by atoms with Gasteiger partial charge in [0, 0.05) is 5.02 Å². The molecule has 1 N–H and O–H groups in total. The highest BCUT2D eigenvalue weighted by molar-refractivity contribution is 7.89. The van der Waals surface area contributed by atoms with Crippen molar-refractivity contribution < 1.29 is 22.7 Å². The zero-order chi connectivity index (χ0) is 19.2. The first-order chi connectivity index (χ1) is 12.3. The van der Waals surface area contributed by atoms with Crippen LogP contribution < -0.4 is 9.46 Å². The predicted octanol–water partition coefficient (Wildman–Crippen LogP) is 2.94. The van der Waals surface area contributed by atoms with Gasteiger partial charge >= 0.3 is 5.97 Å². The molecular weight excluding hydrogens is 378 g/mol. The molecule has 2 aromatic rings. The fraction of sp³-hybridized carbons (Fsp3) is 0.278. The summed E-state index contributed by atoms with van der Waals surface area (Å²) in [4.78, 5) is 11.9. The van der Waals surface area contributed by atoms with Crippen molar-refractivity contribution in [2.24, 2.45) is 0 Å². The van der Waals surface area contributed by atoms with E-state index in [2.05, 4.69) is 4.72 Å². The van der Waals surface area contributed by atoms with Gasteiger partial charge in [0.1, 0.15) is 25.0 Å². The van der Waals surface area contributed by atoms with E-state index in [-0.39, 0.29) is 23.1 Å². The van der Waals surface area contributed by atoms with Crippen LogP contribution in [-0.2, 0) is 19.6 Å². The molecule has 0 amide bonds. The minimum Gasteiger partial charge on any atom is -0.490 e. The van der Waals surface area contributed by atoms with Crippen LogP contribution in [0.3, 0.4) is 0 Å². The van der Waals surface area contributed by atoms with Crippen molar-refractivity contribution in [1.29, 1.82) is 0 Å². The summed E-state index contributed by atoms with van der Waals surface area (Å²) < 4.78 is 37.2. The second kappa shape index (κ2) is 9.02. The fourth-order valence-corrected chi connectivity index (χ4v) is 3.54. The quantitative estimate of drug-likeness (QED) is 0.547. The third-order valence-corrected chi connectivity index (χ3v) is 5.18. The molecule has 0 saturated heterocycles. The number of carbonyl (C=O) groups excluding carboxylic acids is 1. The average molecular weight is 398 g/mol. The first-order valence-corrected chi connectivity index (χ1v) is 9.78. The Balaban J connectivity index is 1.80. The van der Waals surface area contributed by atoms with Crippen LogP contribution in [0, 0.1) is 6.92 Å². The lowest BCUT2D eigenvalue weighted by atomic mass is 10.2. The minimum atomic E-state index is -3.87. The highest BCUT2D eigenvalue weighted by Gasteiger charge is 2.23. The largest absolute Gasteiger partial charge is 0.490 e. The van der Waals surface area contributed by atoms with Crippen molar-refractivity contribution in [3.8, 4) is 5.75 Å². The monoisotopic (exact) mass is 397 g/mol. The van der Waals surface area contributed by atoms with Gasteiger partial charge in [-0.1, -0.05) is 35.4 Å². The Morgan fingerprint density at radius 3 is 2.50 bits per heavy atom. The Morgan fingerprint density at radius 1 is 1.15 bits per heavy atom. The number of carbonyl (C=O) groups is 1. The maximum Gasteiger partial charge on any atom is 0.324 e. The summed E-state index contributed by atoms with van der Waals surface area (Å²) in [6.45, 7) is 3.56. The first kappa shape index (κ1) is 20.2. The molecule has 6 nitrogen and oxygen atoms in total. The van der Waals surface area contributed by atoms with Gasteiger partial charge in [-0.2, -0.15) is 4.72 Å². The van der Waals surface area contributed by atoms with Crippen LogP contribution in [0.4, 0.5) is 0 Å². The number of esters is 1. The topological polar surface area (TPSA) is 81.7 Å². The van der Waals surface area contributed by atoms with E-state index in [1.807, 2.05) is 31.2 Å². The number of ether oxygens (including phenoxy) is 2. The lowest BCUT2D eigenvalue weighted by molar-refractivity contribution is -0.145. The molecule has 0 radical (unpaired) electrons. The minimum absolute atomic E-state index is 0.00986. The molecule has 0 aromatic heterocycles. The number of halogens is 1. The van der Waals surface area contributed by atoms with Crippen LogP contribution >= 0.6 is 11.6 Å². The van der Waals surface area contributed by atoms with Gasteiger partial charge in [0.05, 0.1) is 4.90 Å². The summed E-state index contributed by atoms with van der Waals surface area (Å²) in [7, 11) is -3.87. The number of hydrogen-bond donors (Lipinski definition) is 1. The van der Waals surface area contributed by atoms with Gasteiger partial charge in [0.15, 0.2) is 0 Å². The van der Waals surface area contributed by atoms with E-state index in [1.54, 1.807) is 6.07 Å². The Hall–Kier alpha value is -2.09. The zero-order valence-electron chi connectivity index (χ0n) is 14.4. The third-order valence-electron chi connectivity index (χ3n) is 3.41. The van der Waals surface area contributed by atoms with Crippen LogP contribution in [0.1, 0.15) is 12.5 Å². The first-order valence-electron chi connectivity index (χ1n) is 7.92. The standard InChI is InChI=1S/C18H20ClNO5S/c1-13-6-8-16(9-7-13)24-10-11-25-18(21)14(2)20-26(22,23)17-5-3-4-15(19)12-17/h3-9,12,14,20H,10-11H2,1-2H3/t14-/m0/s1. The normalized spacial score (nSPS) is 12.4. The molecule has 0 fully saturated rings. The van der Waals surface area contributed by atoms with Gasteiger partial charge in [0.2, 0.25) is 10.0 Å². The van der Waals surface area contributed by atoms with E-state index in [0.717, 1.165) is 5.56 Å². The van der Waals surface area contributed by atoms with E-state index < -0.39 is 22.0 Å². The van der Waals surface area contributed by atoms with Crippen LogP contribution in [0.15, 0.2) is 53.4 Å². The van der Waals surface area contributed by atoms with Crippen molar-refractivity contribution in [3.05, 3.63) is 59.1 Å². The van der Waals surface area contributed by atoms with Crippen LogP contribution in [0.2, 0.25) is 5.02 Å². The number of benzene rings is 2. The molecule has 0 heterocycles. The number of nitrogens with one attached hydrogen (secondary N) is 1. The van der Waals surface area contributed by atoms with Crippen LogP contribution in [0.5, 0.6) is 5.75 Å². The Bertz CT molecular complexity index is 852. The molecule has 1 atom stereocenters. The summed E-state index contributed by atoms with van der Waals surface area (Å²) in [5.41, 5.74) is 1.12. The van der Waals surface area contributed by atoms with Crippen molar-refractivity contribution in [2.75, 3.05) is 13.2 Å². The maximum absolute atomic E-state index is 12.2. The molecule has 0 aliphatic rings. The Kier molecular flexibility index (Phi) is 7.02. The zero-order valence-corrected chi connectivity index (χ0v) is 16.0. The predicted molar refractivity (Wildman–Crippen MR) is 98.9 cm³/mol. The molecule has 0 bridgehead atoms. The van der Waals surface area contributed by atoms with Gasteiger partial charge in [-0.15, -0.1) is 0 Å². The Morgan fingerprint density at radius 2 is 1.85 bits per heavy atom. The number of aryl methyl sites for hydroxylation is 1. The van der Waals surface area contributed by atoms with Crippen molar-refractivity contribution in [1.82, 2.24) is 4.72 Å². The summed E-state index contributed by atoms with van der Waals surface area (Å²) in [5.74, 6) is -0.0236. The highest BCUT2D eigenvalue weighted by atomic mass is 35.5. The summed E-state index contributed by atoms with van der Waals surface area (Å²) in [6.07, 6.45) is 0. The summed E-state index contributed by atoms with van der Waals surface area (Å²) in [5, 5.41) is 0.288. The van der Waals surface area contributed by atoms with Gasteiger partial charge in [0.25, 0.3) is 0 Å². The average Bonchev–Trinajstić information content (AvgIpc) is 2.59. The van der Waals surface area contributed by atoms with Crippen molar-refractivity contribution >= 4 is 27.6 Å². The molecule has 0 saturated carbocycles. The molecule has 0 aliphatic carbocycles. The van der Waals surface area contributed by atoms with Crippen LogP contribution in [-0.4, -0.2) is 33.6 Å². The third kappa shape index (κ3) is 6.01. The molecule has 2 aromatic carbocycles. The second-order valence-electron chi connectivity index (χ2n) is 5.63. The van der Waals surface area contributed by atoms with E-state index in [1.165, 1.54) is 25.1 Å². The molecule has 8 heteroatoms. The molecule has 0 aliphatic heterocycles. The molecule has 0 unspecified atom stereocenters. The maximum atomic E-state index is 12.2. The molecule has 140 valence electrons. The van der Waals surface area contributed by atoms with E-state index in [9.17, 15) is 13.2 Å². The number of sulfonamides is 1. The van der Waals surface area contributed by atoms with E-state index >= 15 is 0 Å². The summed E-state index contributed by atoms with van der Waals surface area (Å²) in [6, 6.07) is 12.2. The van der Waals surface area contributed by atoms with E-state index in [0.29, 0.717) is 5.75 Å². The highest BCUT2D eigenvalue weighted by Crippen LogP contribution is 2.15. The molecular formula is C18H20ClNO5S. The lowest BCUT2D eigenvalue weighted by Gasteiger charge is -2.14. The number of rotatable bonds is 8. The number of hydrogen-bond acceptors (Lipinski definition) is 5.